The number of rotatable bonds is 2. The van der Waals surface area contributed by atoms with Crippen LogP contribution in [0.15, 0.2) is 0 Å². The molecule has 2 aliphatic rings. The van der Waals surface area contributed by atoms with Crippen LogP contribution in [0.2, 0.25) is 0 Å². The third kappa shape index (κ3) is 2.20. The fourth-order valence-electron chi connectivity index (χ4n) is 2.96. The van der Waals surface area contributed by atoms with E-state index in [1.165, 1.54) is 0 Å². The van der Waals surface area contributed by atoms with Gasteiger partial charge in [0.2, 0.25) is 5.91 Å². The number of nitrogens with zero attached hydrogens (tertiary/aromatic N) is 1. The number of amides is 1. The maximum absolute atomic E-state index is 11.9. The van der Waals surface area contributed by atoms with Gasteiger partial charge in [0.05, 0.1) is 5.92 Å². The Balaban J connectivity index is 2.09. The number of carboxylic acids is 1. The highest BCUT2D eigenvalue weighted by atomic mass is 16.4. The molecule has 0 aromatic carbocycles. The zero-order chi connectivity index (χ0) is 11.5. The van der Waals surface area contributed by atoms with Gasteiger partial charge in [0.1, 0.15) is 0 Å². The largest absolute Gasteiger partial charge is 0.481 e. The molecule has 2 rings (SSSR count). The van der Waals surface area contributed by atoms with Gasteiger partial charge >= 0.3 is 5.97 Å². The summed E-state index contributed by atoms with van der Waals surface area (Å²) in [5, 5.41) is 9.13. The van der Waals surface area contributed by atoms with Crippen molar-refractivity contribution < 1.29 is 14.7 Å². The SMILES string of the molecule is O=C(O)C1CCCC1N1CCCCCC1=O. The lowest BCUT2D eigenvalue weighted by Crippen LogP contribution is -2.44. The third-order valence-corrected chi connectivity index (χ3v) is 3.81. The minimum atomic E-state index is -0.737. The maximum atomic E-state index is 11.9. The molecule has 1 saturated heterocycles. The molecule has 1 saturated carbocycles. The van der Waals surface area contributed by atoms with Gasteiger partial charge in [-0.25, -0.2) is 0 Å². The number of hydrogen-bond donors (Lipinski definition) is 1. The summed E-state index contributed by atoms with van der Waals surface area (Å²) in [7, 11) is 0. The molecule has 0 spiro atoms. The molecule has 2 unspecified atom stereocenters. The van der Waals surface area contributed by atoms with E-state index in [1.54, 1.807) is 0 Å². The second kappa shape index (κ2) is 4.85. The Morgan fingerprint density at radius 2 is 2.00 bits per heavy atom. The van der Waals surface area contributed by atoms with Crippen LogP contribution in [-0.4, -0.2) is 34.5 Å². The van der Waals surface area contributed by atoms with E-state index >= 15 is 0 Å². The molecule has 0 bridgehead atoms. The van der Waals surface area contributed by atoms with E-state index in [2.05, 4.69) is 0 Å². The number of carboxylic acid groups (broad SMARTS) is 1. The summed E-state index contributed by atoms with van der Waals surface area (Å²) >= 11 is 0. The molecule has 0 radical (unpaired) electrons. The maximum Gasteiger partial charge on any atom is 0.308 e. The Labute approximate surface area is 95.6 Å². The Kier molecular flexibility index (Phi) is 3.46. The molecule has 4 nitrogen and oxygen atoms in total. The van der Waals surface area contributed by atoms with Gasteiger partial charge in [-0.1, -0.05) is 12.8 Å². The summed E-state index contributed by atoms with van der Waals surface area (Å²) in [5.74, 6) is -0.905. The number of hydrogen-bond acceptors (Lipinski definition) is 2. The minimum Gasteiger partial charge on any atom is -0.481 e. The standard InChI is InChI=1S/C12H19NO3/c14-11-7-2-1-3-8-13(11)10-6-4-5-9(10)12(15)16/h9-10H,1-8H2,(H,15,16). The van der Waals surface area contributed by atoms with E-state index in [1.807, 2.05) is 4.90 Å². The summed E-state index contributed by atoms with van der Waals surface area (Å²) in [6.07, 6.45) is 6.20. The topological polar surface area (TPSA) is 57.6 Å². The molecule has 1 heterocycles. The molecular formula is C12H19NO3. The van der Waals surface area contributed by atoms with E-state index in [9.17, 15) is 9.59 Å². The van der Waals surface area contributed by atoms with Gasteiger partial charge in [-0.15, -0.1) is 0 Å². The zero-order valence-corrected chi connectivity index (χ0v) is 9.52. The van der Waals surface area contributed by atoms with Gasteiger partial charge in [0, 0.05) is 19.0 Å². The van der Waals surface area contributed by atoms with Crippen molar-refractivity contribution in [1.29, 1.82) is 0 Å². The predicted octanol–water partition coefficient (Wildman–Crippen LogP) is 1.64. The smallest absolute Gasteiger partial charge is 0.308 e. The predicted molar refractivity (Wildman–Crippen MR) is 58.9 cm³/mol. The monoisotopic (exact) mass is 225 g/mol. The average molecular weight is 225 g/mol. The molecule has 0 aromatic heterocycles. The summed E-state index contributed by atoms with van der Waals surface area (Å²) < 4.78 is 0. The number of carbonyl (C=O) groups is 2. The highest BCUT2D eigenvalue weighted by Crippen LogP contribution is 2.31. The van der Waals surface area contributed by atoms with Crippen LogP contribution in [0.3, 0.4) is 0 Å². The summed E-state index contributed by atoms with van der Waals surface area (Å²) in [6.45, 7) is 0.757. The van der Waals surface area contributed by atoms with Gasteiger partial charge in [-0.3, -0.25) is 9.59 Å². The van der Waals surface area contributed by atoms with E-state index < -0.39 is 5.97 Å². The molecule has 1 aliphatic heterocycles. The second-order valence-electron chi connectivity index (χ2n) is 4.84. The summed E-state index contributed by atoms with van der Waals surface area (Å²) in [4.78, 5) is 24.9. The molecular weight excluding hydrogens is 206 g/mol. The van der Waals surface area contributed by atoms with Crippen LogP contribution >= 0.6 is 0 Å². The van der Waals surface area contributed by atoms with Crippen LogP contribution < -0.4 is 0 Å². The summed E-state index contributed by atoms with van der Waals surface area (Å²) in [6, 6.07) is -0.0388. The first-order valence-corrected chi connectivity index (χ1v) is 6.22. The number of carbonyl (C=O) groups excluding carboxylic acids is 1. The first kappa shape index (κ1) is 11.4. The van der Waals surface area contributed by atoms with Gasteiger partial charge in [0.25, 0.3) is 0 Å². The number of aliphatic carboxylic acids is 1. The lowest BCUT2D eigenvalue weighted by molar-refractivity contribution is -0.145. The van der Waals surface area contributed by atoms with Crippen molar-refractivity contribution in [3.63, 3.8) is 0 Å². The van der Waals surface area contributed by atoms with Crippen LogP contribution in [0.1, 0.15) is 44.9 Å². The van der Waals surface area contributed by atoms with Crippen LogP contribution in [0.5, 0.6) is 0 Å². The Bertz CT molecular complexity index is 290. The van der Waals surface area contributed by atoms with Crippen LogP contribution in [0.25, 0.3) is 0 Å². The van der Waals surface area contributed by atoms with Gasteiger partial charge in [-0.05, 0) is 25.7 Å². The third-order valence-electron chi connectivity index (χ3n) is 3.81. The van der Waals surface area contributed by atoms with Gasteiger partial charge in [-0.2, -0.15) is 0 Å². The average Bonchev–Trinajstić information content (AvgIpc) is 2.63. The van der Waals surface area contributed by atoms with Gasteiger partial charge in [0.15, 0.2) is 0 Å². The fourth-order valence-corrected chi connectivity index (χ4v) is 2.96. The van der Waals surface area contributed by atoms with E-state index in [0.29, 0.717) is 6.42 Å². The van der Waals surface area contributed by atoms with E-state index in [-0.39, 0.29) is 17.9 Å². The van der Waals surface area contributed by atoms with E-state index in [4.69, 9.17) is 5.11 Å². The Morgan fingerprint density at radius 1 is 1.19 bits per heavy atom. The van der Waals surface area contributed by atoms with Crippen molar-refractivity contribution in [2.24, 2.45) is 5.92 Å². The van der Waals surface area contributed by atoms with Crippen LogP contribution in [0, 0.1) is 5.92 Å². The van der Waals surface area contributed by atoms with Crippen molar-refractivity contribution >= 4 is 11.9 Å². The highest BCUT2D eigenvalue weighted by molar-refractivity contribution is 5.78. The highest BCUT2D eigenvalue weighted by Gasteiger charge is 2.38. The summed E-state index contributed by atoms with van der Waals surface area (Å²) in [5.41, 5.74) is 0. The van der Waals surface area contributed by atoms with Crippen LogP contribution in [-0.2, 0) is 9.59 Å². The van der Waals surface area contributed by atoms with Crippen molar-refractivity contribution in [1.82, 2.24) is 4.90 Å². The first-order chi connectivity index (χ1) is 7.70. The zero-order valence-electron chi connectivity index (χ0n) is 9.52. The Hall–Kier alpha value is -1.06. The molecule has 0 aromatic rings. The Morgan fingerprint density at radius 3 is 2.75 bits per heavy atom. The van der Waals surface area contributed by atoms with Crippen LogP contribution in [0.4, 0.5) is 0 Å². The van der Waals surface area contributed by atoms with Crippen molar-refractivity contribution in [2.75, 3.05) is 6.54 Å². The molecule has 1 N–H and O–H groups in total. The molecule has 2 fully saturated rings. The molecule has 1 amide bonds. The van der Waals surface area contributed by atoms with Gasteiger partial charge < -0.3 is 10.0 Å². The second-order valence-corrected chi connectivity index (χ2v) is 4.84. The first-order valence-electron chi connectivity index (χ1n) is 6.22. The van der Waals surface area contributed by atoms with Crippen molar-refractivity contribution in [3.8, 4) is 0 Å². The van der Waals surface area contributed by atoms with Crippen molar-refractivity contribution in [3.05, 3.63) is 0 Å². The lowest BCUT2D eigenvalue weighted by Gasteiger charge is -2.30. The molecule has 2 atom stereocenters. The molecule has 16 heavy (non-hydrogen) atoms. The minimum absolute atomic E-state index is 0.0388. The quantitative estimate of drug-likeness (QED) is 0.777. The molecule has 90 valence electrons. The number of likely N-dealkylation sites (tertiary alicyclic amines) is 1. The van der Waals surface area contributed by atoms with Crippen molar-refractivity contribution in [2.45, 2.75) is 51.0 Å². The van der Waals surface area contributed by atoms with E-state index in [0.717, 1.165) is 45.1 Å². The lowest BCUT2D eigenvalue weighted by atomic mass is 10.0. The molecule has 1 aliphatic carbocycles. The fraction of sp³-hybridized carbons (Fsp3) is 0.833. The molecule has 4 heteroatoms. The normalized spacial score (nSPS) is 31.5.